The number of ether oxygens (including phenoxy) is 1. The van der Waals surface area contributed by atoms with Crippen molar-refractivity contribution in [3.63, 3.8) is 0 Å². The van der Waals surface area contributed by atoms with Crippen LogP contribution in [-0.2, 0) is 11.3 Å². The maximum Gasteiger partial charge on any atom is 0.146 e. The first-order valence-corrected chi connectivity index (χ1v) is 6.39. The van der Waals surface area contributed by atoms with E-state index in [0.717, 1.165) is 11.5 Å². The Morgan fingerprint density at radius 2 is 2.25 bits per heavy atom. The Balaban J connectivity index is 2.25. The van der Waals surface area contributed by atoms with E-state index in [1.54, 1.807) is 25.4 Å². The monoisotopic (exact) mass is 271 g/mol. The Morgan fingerprint density at radius 3 is 2.90 bits per heavy atom. The highest BCUT2D eigenvalue weighted by Crippen LogP contribution is 2.19. The molecule has 0 bridgehead atoms. The molecular weight excluding hydrogens is 254 g/mol. The number of hydrogen-bond acceptors (Lipinski definition) is 5. The van der Waals surface area contributed by atoms with E-state index in [9.17, 15) is 5.26 Å². The van der Waals surface area contributed by atoms with Gasteiger partial charge in [0.2, 0.25) is 0 Å². The van der Waals surface area contributed by atoms with Crippen molar-refractivity contribution in [2.75, 3.05) is 25.2 Å². The van der Waals surface area contributed by atoms with Crippen LogP contribution < -0.4 is 4.90 Å². The SMILES string of the molecule is COCCN(Cc1ccc(C)o1)c1ncccc1C#N. The molecule has 0 aromatic carbocycles. The summed E-state index contributed by atoms with van der Waals surface area (Å²) in [5.74, 6) is 2.36. The van der Waals surface area contributed by atoms with E-state index in [1.807, 2.05) is 24.0 Å². The predicted octanol–water partition coefficient (Wildman–Crippen LogP) is 2.51. The number of nitrogens with zero attached hydrogens (tertiary/aromatic N) is 3. The van der Waals surface area contributed by atoms with Gasteiger partial charge in [0.05, 0.1) is 18.7 Å². The zero-order valence-electron chi connectivity index (χ0n) is 11.7. The van der Waals surface area contributed by atoms with Crippen LogP contribution in [0.2, 0.25) is 0 Å². The normalized spacial score (nSPS) is 10.2. The molecule has 2 aromatic rings. The Hall–Kier alpha value is -2.32. The van der Waals surface area contributed by atoms with Gasteiger partial charge in [-0.25, -0.2) is 4.98 Å². The topological polar surface area (TPSA) is 62.3 Å². The molecule has 2 aromatic heterocycles. The molecule has 0 spiro atoms. The zero-order chi connectivity index (χ0) is 14.4. The van der Waals surface area contributed by atoms with Gasteiger partial charge in [0, 0.05) is 19.9 Å². The van der Waals surface area contributed by atoms with Crippen LogP contribution in [0.5, 0.6) is 0 Å². The molecule has 0 saturated heterocycles. The van der Waals surface area contributed by atoms with Gasteiger partial charge in [-0.2, -0.15) is 5.26 Å². The van der Waals surface area contributed by atoms with Gasteiger partial charge in [-0.1, -0.05) is 0 Å². The van der Waals surface area contributed by atoms with Gasteiger partial charge in [-0.3, -0.25) is 0 Å². The highest BCUT2D eigenvalue weighted by Gasteiger charge is 2.14. The summed E-state index contributed by atoms with van der Waals surface area (Å²) in [6, 6.07) is 9.54. The Morgan fingerprint density at radius 1 is 1.40 bits per heavy atom. The molecule has 0 amide bonds. The lowest BCUT2D eigenvalue weighted by atomic mass is 10.2. The second-order valence-electron chi connectivity index (χ2n) is 4.41. The van der Waals surface area contributed by atoms with Crippen LogP contribution in [0, 0.1) is 18.3 Å². The fourth-order valence-corrected chi connectivity index (χ4v) is 1.96. The zero-order valence-corrected chi connectivity index (χ0v) is 11.7. The highest BCUT2D eigenvalue weighted by molar-refractivity contribution is 5.53. The molecule has 0 aliphatic carbocycles. The van der Waals surface area contributed by atoms with Crippen molar-refractivity contribution in [1.82, 2.24) is 4.98 Å². The lowest BCUT2D eigenvalue weighted by Gasteiger charge is -2.23. The minimum Gasteiger partial charge on any atom is -0.464 e. The van der Waals surface area contributed by atoms with Crippen molar-refractivity contribution in [1.29, 1.82) is 5.26 Å². The van der Waals surface area contributed by atoms with E-state index in [-0.39, 0.29) is 0 Å². The number of aryl methyl sites for hydroxylation is 1. The fourth-order valence-electron chi connectivity index (χ4n) is 1.96. The Kier molecular flexibility index (Phi) is 4.75. The van der Waals surface area contributed by atoms with Crippen LogP contribution in [0.1, 0.15) is 17.1 Å². The van der Waals surface area contributed by atoms with E-state index >= 15 is 0 Å². The van der Waals surface area contributed by atoms with Crippen LogP contribution in [0.3, 0.4) is 0 Å². The summed E-state index contributed by atoms with van der Waals surface area (Å²) in [4.78, 5) is 6.30. The van der Waals surface area contributed by atoms with Gasteiger partial charge in [0.15, 0.2) is 0 Å². The first kappa shape index (κ1) is 14.1. The number of rotatable bonds is 6. The van der Waals surface area contributed by atoms with E-state index < -0.39 is 0 Å². The molecule has 0 unspecified atom stereocenters. The molecular formula is C15H17N3O2. The number of nitriles is 1. The Labute approximate surface area is 118 Å². The second kappa shape index (κ2) is 6.73. The van der Waals surface area contributed by atoms with Crippen LogP contribution in [0.25, 0.3) is 0 Å². The molecule has 0 aliphatic rings. The quantitative estimate of drug-likeness (QED) is 0.807. The fraction of sp³-hybridized carbons (Fsp3) is 0.333. The summed E-state index contributed by atoms with van der Waals surface area (Å²) >= 11 is 0. The maximum absolute atomic E-state index is 9.19. The number of methoxy groups -OCH3 is 1. The highest BCUT2D eigenvalue weighted by atomic mass is 16.5. The van der Waals surface area contributed by atoms with Crippen molar-refractivity contribution < 1.29 is 9.15 Å². The first-order chi connectivity index (χ1) is 9.74. The number of anilines is 1. The van der Waals surface area contributed by atoms with E-state index in [4.69, 9.17) is 9.15 Å². The maximum atomic E-state index is 9.19. The molecule has 5 heteroatoms. The number of furan rings is 1. The molecule has 0 N–H and O–H groups in total. The third kappa shape index (κ3) is 3.37. The van der Waals surface area contributed by atoms with E-state index in [0.29, 0.717) is 31.1 Å². The van der Waals surface area contributed by atoms with E-state index in [2.05, 4.69) is 11.1 Å². The lowest BCUT2D eigenvalue weighted by Crippen LogP contribution is -2.28. The third-order valence-electron chi connectivity index (χ3n) is 2.91. The van der Waals surface area contributed by atoms with Crippen molar-refractivity contribution in [3.8, 4) is 6.07 Å². The molecule has 0 saturated carbocycles. The summed E-state index contributed by atoms with van der Waals surface area (Å²) in [6.45, 7) is 3.66. The van der Waals surface area contributed by atoms with Crippen LogP contribution >= 0.6 is 0 Å². The van der Waals surface area contributed by atoms with Crippen molar-refractivity contribution >= 4 is 5.82 Å². The second-order valence-corrected chi connectivity index (χ2v) is 4.41. The van der Waals surface area contributed by atoms with Gasteiger partial charge in [-0.05, 0) is 31.2 Å². The summed E-state index contributed by atoms with van der Waals surface area (Å²) in [6.07, 6.45) is 1.68. The third-order valence-corrected chi connectivity index (χ3v) is 2.91. The predicted molar refractivity (Wildman–Crippen MR) is 75.3 cm³/mol. The summed E-state index contributed by atoms with van der Waals surface area (Å²) < 4.78 is 10.7. The minimum absolute atomic E-state index is 0.548. The van der Waals surface area contributed by atoms with Crippen molar-refractivity contribution in [3.05, 3.63) is 47.5 Å². The Bertz CT molecular complexity index is 601. The summed E-state index contributed by atoms with van der Waals surface area (Å²) in [5, 5.41) is 9.19. The molecule has 0 aliphatic heterocycles. The van der Waals surface area contributed by atoms with Gasteiger partial charge in [0.25, 0.3) is 0 Å². The van der Waals surface area contributed by atoms with Crippen LogP contribution in [-0.4, -0.2) is 25.2 Å². The molecule has 2 rings (SSSR count). The molecule has 104 valence electrons. The number of aromatic nitrogens is 1. The molecule has 2 heterocycles. The largest absolute Gasteiger partial charge is 0.464 e. The average Bonchev–Trinajstić information content (AvgIpc) is 2.88. The van der Waals surface area contributed by atoms with Crippen LogP contribution in [0.15, 0.2) is 34.9 Å². The van der Waals surface area contributed by atoms with Gasteiger partial charge in [0.1, 0.15) is 23.4 Å². The van der Waals surface area contributed by atoms with Gasteiger partial charge in [-0.15, -0.1) is 0 Å². The summed E-state index contributed by atoms with van der Waals surface area (Å²) in [7, 11) is 1.65. The standard InChI is InChI=1S/C15H17N3O2/c1-12-5-6-14(20-12)11-18(8-9-19-2)15-13(10-16)4-3-7-17-15/h3-7H,8-9,11H2,1-2H3. The minimum atomic E-state index is 0.548. The first-order valence-electron chi connectivity index (χ1n) is 6.39. The molecule has 5 nitrogen and oxygen atoms in total. The van der Waals surface area contributed by atoms with Crippen LogP contribution in [0.4, 0.5) is 5.82 Å². The molecule has 20 heavy (non-hydrogen) atoms. The molecule has 0 fully saturated rings. The van der Waals surface area contributed by atoms with Crippen molar-refractivity contribution in [2.24, 2.45) is 0 Å². The van der Waals surface area contributed by atoms with Gasteiger partial charge >= 0.3 is 0 Å². The smallest absolute Gasteiger partial charge is 0.146 e. The molecule has 0 atom stereocenters. The van der Waals surface area contributed by atoms with Crippen molar-refractivity contribution in [2.45, 2.75) is 13.5 Å². The lowest BCUT2D eigenvalue weighted by molar-refractivity contribution is 0.204. The summed E-state index contributed by atoms with van der Waals surface area (Å²) in [5.41, 5.74) is 0.548. The molecule has 0 radical (unpaired) electrons. The average molecular weight is 271 g/mol. The number of hydrogen-bond donors (Lipinski definition) is 0. The van der Waals surface area contributed by atoms with E-state index in [1.165, 1.54) is 0 Å². The number of pyridine rings is 1. The van der Waals surface area contributed by atoms with Gasteiger partial charge < -0.3 is 14.1 Å².